The number of carbonyl (C=O) groups excluding carboxylic acids is 1. The third-order valence-corrected chi connectivity index (χ3v) is 7.47. The number of fused-ring (bicyclic) bond motifs is 3. The minimum atomic E-state index is -0.0178. The first-order chi connectivity index (χ1) is 12.2. The maximum Gasteiger partial charge on any atom is 0.306 e. The van der Waals surface area contributed by atoms with Gasteiger partial charge in [-0.1, -0.05) is 18.2 Å². The summed E-state index contributed by atoms with van der Waals surface area (Å²) in [6.07, 6.45) is 6.11. The molecule has 130 valence electrons. The first-order valence-corrected chi connectivity index (χ1v) is 9.99. The van der Waals surface area contributed by atoms with Crippen molar-refractivity contribution in [2.24, 2.45) is 5.41 Å². The number of hydrogen-bond acceptors (Lipinski definition) is 4. The Morgan fingerprint density at radius 3 is 2.96 bits per heavy atom. The number of ether oxygens (including phenoxy) is 1. The number of thiophene rings is 1. The average molecular weight is 354 g/mol. The molecular formula is C21H22O3S. The van der Waals surface area contributed by atoms with Gasteiger partial charge >= 0.3 is 5.97 Å². The Bertz CT molecular complexity index is 853. The number of rotatable bonds is 2. The summed E-state index contributed by atoms with van der Waals surface area (Å²) in [4.78, 5) is 14.0. The normalized spacial score (nSPS) is 27.4. The summed E-state index contributed by atoms with van der Waals surface area (Å²) in [5.74, 6) is 0.535. The van der Waals surface area contributed by atoms with E-state index in [-0.39, 0.29) is 18.0 Å². The van der Waals surface area contributed by atoms with Crippen LogP contribution in [-0.4, -0.2) is 17.7 Å². The van der Waals surface area contributed by atoms with E-state index in [0.29, 0.717) is 18.9 Å². The van der Waals surface area contributed by atoms with Crippen LogP contribution in [-0.2, 0) is 29.0 Å². The van der Waals surface area contributed by atoms with Crippen molar-refractivity contribution >= 4 is 17.3 Å². The fourth-order valence-electron chi connectivity index (χ4n) is 4.99. The van der Waals surface area contributed by atoms with Crippen LogP contribution in [0.3, 0.4) is 0 Å². The monoisotopic (exact) mass is 354 g/mol. The quantitative estimate of drug-likeness (QED) is 0.822. The Morgan fingerprint density at radius 2 is 2.16 bits per heavy atom. The van der Waals surface area contributed by atoms with Gasteiger partial charge in [0.25, 0.3) is 0 Å². The Labute approximate surface area is 151 Å². The summed E-state index contributed by atoms with van der Waals surface area (Å²) in [6, 6.07) is 9.11. The van der Waals surface area contributed by atoms with Gasteiger partial charge in [0.2, 0.25) is 0 Å². The molecule has 25 heavy (non-hydrogen) atoms. The molecule has 2 heterocycles. The maximum absolute atomic E-state index is 11.5. The maximum atomic E-state index is 11.5. The topological polar surface area (TPSA) is 46.5 Å². The molecule has 1 saturated heterocycles. The molecule has 4 heteroatoms. The first kappa shape index (κ1) is 15.6. The lowest BCUT2D eigenvalue weighted by Crippen LogP contribution is -2.16. The third kappa shape index (κ3) is 2.54. The summed E-state index contributed by atoms with van der Waals surface area (Å²) >= 11 is 1.75. The first-order valence-electron chi connectivity index (χ1n) is 9.17. The molecule has 1 N–H and O–H groups in total. The second-order valence-corrected chi connectivity index (χ2v) is 9.12. The van der Waals surface area contributed by atoms with Crippen LogP contribution < -0.4 is 0 Å². The second-order valence-electron chi connectivity index (χ2n) is 7.90. The highest BCUT2D eigenvalue weighted by atomic mass is 32.1. The summed E-state index contributed by atoms with van der Waals surface area (Å²) in [6.45, 7) is 0.755. The molecule has 0 unspecified atom stereocenters. The molecule has 1 aliphatic heterocycles. The fourth-order valence-corrected chi connectivity index (χ4v) is 6.03. The number of aliphatic hydroxyl groups excluding tert-OH is 1. The zero-order chi connectivity index (χ0) is 17.0. The van der Waals surface area contributed by atoms with E-state index in [0.717, 1.165) is 37.0 Å². The van der Waals surface area contributed by atoms with Crippen LogP contribution in [0.15, 0.2) is 24.3 Å². The molecule has 2 fully saturated rings. The van der Waals surface area contributed by atoms with Gasteiger partial charge in [0, 0.05) is 15.2 Å². The van der Waals surface area contributed by atoms with Gasteiger partial charge in [-0.05, 0) is 66.3 Å². The molecule has 1 saturated carbocycles. The second kappa shape index (κ2) is 5.68. The van der Waals surface area contributed by atoms with Crippen LogP contribution in [0.25, 0.3) is 11.1 Å². The average Bonchev–Trinajstić information content (AvgIpc) is 3.33. The smallest absolute Gasteiger partial charge is 0.306 e. The number of aliphatic hydroxyl groups is 1. The van der Waals surface area contributed by atoms with Crippen molar-refractivity contribution in [1.82, 2.24) is 0 Å². The number of hydrogen-bond donors (Lipinski definition) is 1. The third-order valence-electron chi connectivity index (χ3n) is 6.29. The van der Waals surface area contributed by atoms with Gasteiger partial charge in [-0.2, -0.15) is 0 Å². The van der Waals surface area contributed by atoms with Crippen LogP contribution >= 0.6 is 11.3 Å². The predicted octanol–water partition coefficient (Wildman–Crippen LogP) is 4.21. The fraction of sp³-hybridized carbons (Fsp3) is 0.476. The van der Waals surface area contributed by atoms with E-state index < -0.39 is 0 Å². The Balaban J connectivity index is 1.43. The molecule has 2 aromatic rings. The number of esters is 1. The van der Waals surface area contributed by atoms with E-state index in [1.807, 2.05) is 0 Å². The van der Waals surface area contributed by atoms with E-state index in [9.17, 15) is 9.90 Å². The van der Waals surface area contributed by atoms with Crippen LogP contribution in [0, 0.1) is 5.41 Å². The highest BCUT2D eigenvalue weighted by molar-refractivity contribution is 7.12. The SMILES string of the molecule is O=C1C[C@@]2(CC[C@H](c3ccc4c(c3)CCc3sc(CO)cc3-4)C2)CO1. The Hall–Kier alpha value is -1.65. The summed E-state index contributed by atoms with van der Waals surface area (Å²) in [7, 11) is 0. The van der Waals surface area contributed by atoms with E-state index in [1.165, 1.54) is 27.1 Å². The molecule has 3 nitrogen and oxygen atoms in total. The van der Waals surface area contributed by atoms with E-state index in [2.05, 4.69) is 24.3 Å². The molecule has 0 amide bonds. The standard InChI is InChI=1S/C21H22O3S/c22-11-16-8-18-17-3-1-13(7-14(17)2-4-19(18)25-16)15-5-6-21(9-15)10-20(23)24-12-21/h1,3,7-8,15,22H,2,4-6,9-12H2/t15-,21-/m0/s1. The molecule has 2 atom stereocenters. The number of cyclic esters (lactones) is 1. The van der Waals surface area contributed by atoms with Gasteiger partial charge in [-0.3, -0.25) is 4.79 Å². The predicted molar refractivity (Wildman–Crippen MR) is 97.7 cm³/mol. The lowest BCUT2D eigenvalue weighted by molar-refractivity contribution is -0.137. The van der Waals surface area contributed by atoms with Crippen molar-refractivity contribution in [3.8, 4) is 11.1 Å². The van der Waals surface area contributed by atoms with Gasteiger partial charge in [0.15, 0.2) is 0 Å². The van der Waals surface area contributed by atoms with Crippen LogP contribution in [0.1, 0.15) is 52.5 Å². The van der Waals surface area contributed by atoms with Crippen molar-refractivity contribution < 1.29 is 14.6 Å². The zero-order valence-electron chi connectivity index (χ0n) is 14.2. The molecule has 1 aromatic heterocycles. The number of benzene rings is 1. The van der Waals surface area contributed by atoms with Gasteiger partial charge in [-0.25, -0.2) is 0 Å². The van der Waals surface area contributed by atoms with Crippen molar-refractivity contribution in [2.45, 2.75) is 51.0 Å². The lowest BCUT2D eigenvalue weighted by atomic mass is 9.82. The highest BCUT2D eigenvalue weighted by Crippen LogP contribution is 2.52. The largest absolute Gasteiger partial charge is 0.465 e. The highest BCUT2D eigenvalue weighted by Gasteiger charge is 2.46. The Morgan fingerprint density at radius 1 is 1.24 bits per heavy atom. The van der Waals surface area contributed by atoms with Crippen LogP contribution in [0.4, 0.5) is 0 Å². The summed E-state index contributed by atoms with van der Waals surface area (Å²) in [5, 5.41) is 9.42. The van der Waals surface area contributed by atoms with Crippen molar-refractivity contribution in [2.75, 3.05) is 6.61 Å². The minimum Gasteiger partial charge on any atom is -0.465 e. The van der Waals surface area contributed by atoms with E-state index in [1.54, 1.807) is 11.3 Å². The molecule has 1 aromatic carbocycles. The summed E-state index contributed by atoms with van der Waals surface area (Å²) < 4.78 is 5.26. The van der Waals surface area contributed by atoms with Crippen molar-refractivity contribution in [3.05, 3.63) is 45.1 Å². The van der Waals surface area contributed by atoms with E-state index >= 15 is 0 Å². The molecule has 2 aliphatic carbocycles. The van der Waals surface area contributed by atoms with Crippen LogP contribution in [0.5, 0.6) is 0 Å². The molecule has 1 spiro atoms. The van der Waals surface area contributed by atoms with Gasteiger partial charge in [-0.15, -0.1) is 11.3 Å². The van der Waals surface area contributed by atoms with Crippen LogP contribution in [0.2, 0.25) is 0 Å². The number of aryl methyl sites for hydroxylation is 2. The van der Waals surface area contributed by atoms with Gasteiger partial charge < -0.3 is 9.84 Å². The lowest BCUT2D eigenvalue weighted by Gasteiger charge is -2.21. The molecule has 0 bridgehead atoms. The van der Waals surface area contributed by atoms with E-state index in [4.69, 9.17) is 4.74 Å². The number of carbonyl (C=O) groups is 1. The Kier molecular flexibility index (Phi) is 3.54. The van der Waals surface area contributed by atoms with Crippen molar-refractivity contribution in [1.29, 1.82) is 0 Å². The zero-order valence-corrected chi connectivity index (χ0v) is 15.0. The van der Waals surface area contributed by atoms with Gasteiger partial charge in [0.05, 0.1) is 19.6 Å². The molecule has 3 aliphatic rings. The summed E-state index contributed by atoms with van der Waals surface area (Å²) in [5.41, 5.74) is 5.63. The molecule has 0 radical (unpaired) electrons. The van der Waals surface area contributed by atoms with Gasteiger partial charge in [0.1, 0.15) is 0 Å². The molecular weight excluding hydrogens is 332 g/mol. The minimum absolute atomic E-state index is 0.0178. The van der Waals surface area contributed by atoms with Crippen molar-refractivity contribution in [3.63, 3.8) is 0 Å². The molecule has 5 rings (SSSR count).